The third-order valence-corrected chi connectivity index (χ3v) is 3.84. The monoisotopic (exact) mass is 212 g/mol. The van der Waals surface area contributed by atoms with Gasteiger partial charge in [-0.3, -0.25) is 4.79 Å². The number of aliphatic carboxylic acids is 1. The van der Waals surface area contributed by atoms with Gasteiger partial charge in [0.15, 0.2) is 0 Å². The van der Waals surface area contributed by atoms with Crippen LogP contribution in [0.25, 0.3) is 0 Å². The van der Waals surface area contributed by atoms with Crippen molar-refractivity contribution < 1.29 is 9.90 Å². The Bertz CT molecular complexity index is 261. The normalized spacial score (nSPS) is 31.5. The summed E-state index contributed by atoms with van der Waals surface area (Å²) < 4.78 is 0. The Hall–Kier alpha value is -0.610. The maximum atomic E-state index is 11.2. The quantitative estimate of drug-likeness (QED) is 0.715. The highest BCUT2D eigenvalue weighted by atomic mass is 16.4. The molecule has 0 radical (unpaired) electrons. The average molecular weight is 212 g/mol. The molecule has 15 heavy (non-hydrogen) atoms. The van der Waals surface area contributed by atoms with Crippen molar-refractivity contribution in [2.45, 2.75) is 32.2 Å². The van der Waals surface area contributed by atoms with Crippen molar-refractivity contribution in [1.29, 1.82) is 0 Å². The molecular formula is C11H20N2O2. The highest BCUT2D eigenvalue weighted by Gasteiger charge is 2.54. The third-order valence-electron chi connectivity index (χ3n) is 3.84. The zero-order valence-electron chi connectivity index (χ0n) is 9.28. The van der Waals surface area contributed by atoms with Crippen LogP contribution in [-0.2, 0) is 4.79 Å². The van der Waals surface area contributed by atoms with E-state index in [4.69, 9.17) is 5.73 Å². The lowest BCUT2D eigenvalue weighted by molar-refractivity contribution is -0.147. The van der Waals surface area contributed by atoms with Crippen molar-refractivity contribution in [3.05, 3.63) is 0 Å². The standard InChI is InChI=1S/C11H20N2O2/c1-8(12)6-13-5-4-11(2-3-11)9(7-13)10(14)15/h8-9H,2-7,12H2,1H3,(H,14,15). The number of nitrogens with two attached hydrogens (primary N) is 1. The number of carboxylic acid groups (broad SMARTS) is 1. The summed E-state index contributed by atoms with van der Waals surface area (Å²) in [5.41, 5.74) is 5.89. The summed E-state index contributed by atoms with van der Waals surface area (Å²) in [6.45, 7) is 4.50. The largest absolute Gasteiger partial charge is 0.481 e. The van der Waals surface area contributed by atoms with Gasteiger partial charge in [-0.1, -0.05) is 0 Å². The van der Waals surface area contributed by atoms with Crippen LogP contribution in [0.1, 0.15) is 26.2 Å². The predicted octanol–water partition coefficient (Wildman–Crippen LogP) is 0.520. The molecule has 1 saturated carbocycles. The molecule has 0 amide bonds. The number of nitrogens with zero attached hydrogens (tertiary/aromatic N) is 1. The van der Waals surface area contributed by atoms with E-state index >= 15 is 0 Å². The zero-order chi connectivity index (χ0) is 11.1. The first-order valence-electron chi connectivity index (χ1n) is 5.74. The Morgan fingerprint density at radius 2 is 2.27 bits per heavy atom. The Morgan fingerprint density at radius 3 is 2.73 bits per heavy atom. The molecule has 1 aliphatic heterocycles. The fourth-order valence-corrected chi connectivity index (χ4v) is 2.77. The van der Waals surface area contributed by atoms with Gasteiger partial charge in [0.1, 0.15) is 0 Å². The van der Waals surface area contributed by atoms with Crippen LogP contribution < -0.4 is 5.73 Å². The van der Waals surface area contributed by atoms with Gasteiger partial charge in [-0.15, -0.1) is 0 Å². The van der Waals surface area contributed by atoms with Crippen LogP contribution in [0.2, 0.25) is 0 Å². The van der Waals surface area contributed by atoms with Crippen LogP contribution in [0.15, 0.2) is 0 Å². The molecule has 1 aliphatic carbocycles. The van der Waals surface area contributed by atoms with Crippen LogP contribution in [0.4, 0.5) is 0 Å². The van der Waals surface area contributed by atoms with E-state index in [1.807, 2.05) is 6.92 Å². The molecule has 2 fully saturated rings. The van der Waals surface area contributed by atoms with E-state index in [2.05, 4.69) is 4.90 Å². The Morgan fingerprint density at radius 1 is 1.60 bits per heavy atom. The summed E-state index contributed by atoms with van der Waals surface area (Å²) >= 11 is 0. The van der Waals surface area contributed by atoms with E-state index in [9.17, 15) is 9.90 Å². The summed E-state index contributed by atoms with van der Waals surface area (Å²) in [6.07, 6.45) is 3.25. The van der Waals surface area contributed by atoms with Crippen LogP contribution in [0.3, 0.4) is 0 Å². The van der Waals surface area contributed by atoms with E-state index < -0.39 is 5.97 Å². The minimum absolute atomic E-state index is 0.132. The molecule has 2 rings (SSSR count). The van der Waals surface area contributed by atoms with Gasteiger partial charge in [-0.25, -0.2) is 0 Å². The maximum absolute atomic E-state index is 11.2. The molecule has 0 aromatic carbocycles. The summed E-state index contributed by atoms with van der Waals surface area (Å²) in [5, 5.41) is 9.21. The Kier molecular flexibility index (Phi) is 2.73. The van der Waals surface area contributed by atoms with Crippen LogP contribution in [-0.4, -0.2) is 41.7 Å². The number of carbonyl (C=O) groups is 1. The highest BCUT2D eigenvalue weighted by Crippen LogP contribution is 2.56. The molecule has 0 aromatic rings. The second-order valence-electron chi connectivity index (χ2n) is 5.24. The topological polar surface area (TPSA) is 66.6 Å². The number of hydrogen-bond donors (Lipinski definition) is 2. The van der Waals surface area contributed by atoms with Crippen molar-refractivity contribution >= 4 is 5.97 Å². The van der Waals surface area contributed by atoms with Crippen molar-refractivity contribution in [1.82, 2.24) is 4.90 Å². The number of piperidine rings is 1. The number of likely N-dealkylation sites (tertiary alicyclic amines) is 1. The maximum Gasteiger partial charge on any atom is 0.308 e. The minimum Gasteiger partial charge on any atom is -0.481 e. The average Bonchev–Trinajstić information content (AvgIpc) is 2.88. The lowest BCUT2D eigenvalue weighted by Crippen LogP contribution is -2.48. The van der Waals surface area contributed by atoms with Gasteiger partial charge in [0.05, 0.1) is 5.92 Å². The van der Waals surface area contributed by atoms with Crippen LogP contribution >= 0.6 is 0 Å². The summed E-state index contributed by atoms with van der Waals surface area (Å²) in [4.78, 5) is 13.4. The first kappa shape index (κ1) is 10.9. The van der Waals surface area contributed by atoms with Crippen molar-refractivity contribution in [3.8, 4) is 0 Å². The summed E-state index contributed by atoms with van der Waals surface area (Å²) in [7, 11) is 0. The van der Waals surface area contributed by atoms with E-state index in [-0.39, 0.29) is 17.4 Å². The first-order chi connectivity index (χ1) is 7.03. The lowest BCUT2D eigenvalue weighted by atomic mass is 9.82. The molecule has 86 valence electrons. The molecule has 2 atom stereocenters. The lowest BCUT2D eigenvalue weighted by Gasteiger charge is -2.37. The second-order valence-corrected chi connectivity index (χ2v) is 5.24. The van der Waals surface area contributed by atoms with Gasteiger partial charge in [-0.2, -0.15) is 0 Å². The smallest absolute Gasteiger partial charge is 0.308 e. The minimum atomic E-state index is -0.623. The fraction of sp³-hybridized carbons (Fsp3) is 0.909. The zero-order valence-corrected chi connectivity index (χ0v) is 9.28. The summed E-state index contributed by atoms with van der Waals surface area (Å²) in [5.74, 6) is -0.785. The first-order valence-corrected chi connectivity index (χ1v) is 5.74. The molecule has 0 aromatic heterocycles. The van der Waals surface area contributed by atoms with Gasteiger partial charge >= 0.3 is 5.97 Å². The molecule has 3 N–H and O–H groups in total. The predicted molar refractivity (Wildman–Crippen MR) is 57.5 cm³/mol. The van der Waals surface area contributed by atoms with E-state index in [0.717, 1.165) is 32.4 Å². The second kappa shape index (κ2) is 3.76. The van der Waals surface area contributed by atoms with Gasteiger partial charge in [0.25, 0.3) is 0 Å². The molecular weight excluding hydrogens is 192 g/mol. The van der Waals surface area contributed by atoms with Crippen molar-refractivity contribution in [2.24, 2.45) is 17.1 Å². The summed E-state index contributed by atoms with van der Waals surface area (Å²) in [6, 6.07) is 0.132. The molecule has 4 nitrogen and oxygen atoms in total. The van der Waals surface area contributed by atoms with Crippen LogP contribution in [0.5, 0.6) is 0 Å². The molecule has 0 bridgehead atoms. The molecule has 1 heterocycles. The van der Waals surface area contributed by atoms with Gasteiger partial charge in [0.2, 0.25) is 0 Å². The van der Waals surface area contributed by atoms with Crippen molar-refractivity contribution in [2.75, 3.05) is 19.6 Å². The Labute approximate surface area is 90.4 Å². The molecule has 2 unspecified atom stereocenters. The molecule has 1 spiro atoms. The van der Waals surface area contributed by atoms with Gasteiger partial charge < -0.3 is 15.7 Å². The molecule has 4 heteroatoms. The number of hydrogen-bond acceptors (Lipinski definition) is 3. The van der Waals surface area contributed by atoms with E-state index in [1.165, 1.54) is 0 Å². The number of rotatable bonds is 3. The fourth-order valence-electron chi connectivity index (χ4n) is 2.77. The molecule has 1 saturated heterocycles. The Balaban J connectivity index is 1.97. The van der Waals surface area contributed by atoms with E-state index in [1.54, 1.807) is 0 Å². The van der Waals surface area contributed by atoms with Gasteiger partial charge in [0, 0.05) is 19.1 Å². The molecule has 2 aliphatic rings. The third kappa shape index (κ3) is 2.16. The SMILES string of the molecule is CC(N)CN1CCC2(CC2)C(C(=O)O)C1. The van der Waals surface area contributed by atoms with Gasteiger partial charge in [-0.05, 0) is 38.1 Å². The van der Waals surface area contributed by atoms with Crippen LogP contribution in [0, 0.1) is 11.3 Å². The van der Waals surface area contributed by atoms with Crippen molar-refractivity contribution in [3.63, 3.8) is 0 Å². The highest BCUT2D eigenvalue weighted by molar-refractivity contribution is 5.72. The number of carboxylic acids is 1. The van der Waals surface area contributed by atoms with E-state index in [0.29, 0.717) is 6.54 Å².